The van der Waals surface area contributed by atoms with Crippen LogP contribution in [0, 0.1) is 17.5 Å². The Morgan fingerprint density at radius 1 is 0.542 bits per heavy atom. The van der Waals surface area contributed by atoms with Gasteiger partial charge in [0, 0.05) is 152 Å². The summed E-state index contributed by atoms with van der Waals surface area (Å²) in [5.41, 5.74) is 0.402. The number of hydrogen-bond donors (Lipinski definition) is 2. The Morgan fingerprint density at radius 2 is 0.875 bits per heavy atom. The second kappa shape index (κ2) is 48.4. The van der Waals surface area contributed by atoms with E-state index in [0.29, 0.717) is 94.5 Å². The number of nitrogens with one attached hydrogen (secondary N) is 1. The molecule has 0 atom stereocenters. The summed E-state index contributed by atoms with van der Waals surface area (Å²) in [5.74, 6) is -0.866. The maximum absolute atomic E-state index is 14.4. The number of halogens is 4. The Bertz CT molecular complexity index is 2710. The van der Waals surface area contributed by atoms with Crippen LogP contribution < -0.4 is 63.8 Å². The number of methoxy groups -OCH3 is 1. The number of likely N-dealkylation sites (N-methyl/N-ethyl adjacent to an activating group) is 1. The molecule has 0 saturated carbocycles. The molecule has 0 spiro atoms. The van der Waals surface area contributed by atoms with Gasteiger partial charge < -0.3 is 77.4 Å². The molecule has 3 aliphatic rings. The molecule has 3 saturated heterocycles. The van der Waals surface area contributed by atoms with Crippen molar-refractivity contribution in [3.8, 4) is 17.2 Å². The smallest absolute Gasteiger partial charge is 0.702 e. The third kappa shape index (κ3) is 41.7. The fourth-order valence-corrected chi connectivity index (χ4v) is 8.20. The summed E-state index contributed by atoms with van der Waals surface area (Å²) in [6.45, 7) is 38.5. The molecule has 0 aliphatic carbocycles. The first-order valence-corrected chi connectivity index (χ1v) is 31.7. The van der Waals surface area contributed by atoms with Crippen molar-refractivity contribution < 1.29 is 119 Å². The zero-order valence-corrected chi connectivity index (χ0v) is 63.2. The summed E-state index contributed by atoms with van der Waals surface area (Å²) >= 11 is 0. The minimum atomic E-state index is -0.833. The number of hydrogen-bond acceptors (Lipinski definition) is 20. The molecule has 3 aromatic carbocycles. The van der Waals surface area contributed by atoms with E-state index in [4.69, 9.17) is 43.1 Å². The molecule has 0 aromatic heterocycles. The minimum Gasteiger partial charge on any atom is -0.702 e. The number of rotatable bonds is 19. The third-order valence-electron chi connectivity index (χ3n) is 12.5. The third-order valence-corrected chi connectivity index (χ3v) is 12.5. The molecule has 3 aliphatic heterocycles. The zero-order chi connectivity index (χ0) is 71.2. The van der Waals surface area contributed by atoms with Crippen LogP contribution in [0.1, 0.15) is 123 Å². The number of benzene rings is 3. The van der Waals surface area contributed by atoms with E-state index in [1.165, 1.54) is 44.1 Å². The summed E-state index contributed by atoms with van der Waals surface area (Å²) < 4.78 is 87.9. The van der Waals surface area contributed by atoms with E-state index < -0.39 is 34.7 Å². The maximum atomic E-state index is 14.4. The molecule has 2 N–H and O–H groups in total. The SMILES string of the molecule is CC(=O)O.CC(=O)O[B-]OC(C)=O.CCCOc1ccc(N2CCN(C(=O)OC(C)(C)C)CC2)c(F)c1.CCCOc1ccc(N2CCN(CCN(C)C(=O)OC(C)(C)C)CC2)c(F)c1.CCCOc1ccc(N2CCNCC2)c(F)c1.COCN(C)C(=O)OC(C)(C)C.Cl.[Na+]. The predicted octanol–water partition coefficient (Wildman–Crippen LogP) is 7.92. The van der Waals surface area contributed by atoms with Crippen molar-refractivity contribution in [1.29, 1.82) is 0 Å². The number of carboxylic acid groups (broad SMARTS) is 1. The topological polar surface area (TPSA) is 240 Å². The number of nitrogens with zero attached hydrogens (tertiary/aromatic N) is 7. The van der Waals surface area contributed by atoms with Gasteiger partial charge in [0.05, 0.1) is 36.9 Å². The number of carbonyl (C=O) groups excluding carboxylic acids is 5. The summed E-state index contributed by atoms with van der Waals surface area (Å²) in [6, 6.07) is 15.2. The summed E-state index contributed by atoms with van der Waals surface area (Å²) in [5, 5.41) is 10.7. The summed E-state index contributed by atoms with van der Waals surface area (Å²) in [4.78, 5) is 77.2. The van der Waals surface area contributed by atoms with E-state index in [1.54, 1.807) is 42.1 Å². The van der Waals surface area contributed by atoms with E-state index in [1.807, 2.05) is 106 Å². The summed E-state index contributed by atoms with van der Waals surface area (Å²) in [6.07, 6.45) is 1.72. The molecule has 6 rings (SSSR count). The van der Waals surface area contributed by atoms with E-state index in [2.05, 4.69) is 29.3 Å². The van der Waals surface area contributed by atoms with Crippen molar-refractivity contribution >= 4 is 73.3 Å². The van der Waals surface area contributed by atoms with Gasteiger partial charge in [0.25, 0.3) is 17.9 Å². The molecule has 3 fully saturated rings. The van der Waals surface area contributed by atoms with Crippen LogP contribution >= 0.6 is 12.4 Å². The molecule has 2 radical (unpaired) electrons. The Hall–Kier alpha value is -6.30. The monoisotopic (exact) mass is 1390 g/mol. The van der Waals surface area contributed by atoms with Crippen LogP contribution in [0.2, 0.25) is 0 Å². The Kier molecular flexibility index (Phi) is 46.3. The normalized spacial score (nSPS) is 13.6. The van der Waals surface area contributed by atoms with E-state index in [9.17, 15) is 37.1 Å². The van der Waals surface area contributed by atoms with Gasteiger partial charge in [-0.1, -0.05) is 20.8 Å². The van der Waals surface area contributed by atoms with E-state index in [-0.39, 0.29) is 84.4 Å². The van der Waals surface area contributed by atoms with Crippen LogP contribution in [0.3, 0.4) is 0 Å². The minimum absolute atomic E-state index is 0. The molecule has 3 amide bonds. The molecule has 540 valence electrons. The quantitative estimate of drug-likeness (QED) is 0.0658. The van der Waals surface area contributed by atoms with Gasteiger partial charge in [-0.05, 0) is 118 Å². The number of carbonyl (C=O) groups is 6. The molecule has 0 unspecified atom stereocenters. The van der Waals surface area contributed by atoms with Crippen molar-refractivity contribution in [2.24, 2.45) is 0 Å². The van der Waals surface area contributed by atoms with Crippen LogP contribution in [0.5, 0.6) is 17.2 Å². The van der Waals surface area contributed by atoms with Gasteiger partial charge in [0.2, 0.25) is 0 Å². The van der Waals surface area contributed by atoms with Crippen LogP contribution in [0.15, 0.2) is 54.6 Å². The Morgan fingerprint density at radius 3 is 1.19 bits per heavy atom. The molecule has 96 heavy (non-hydrogen) atoms. The van der Waals surface area contributed by atoms with Crippen LogP contribution in [0.4, 0.5) is 44.6 Å². The second-order valence-corrected chi connectivity index (χ2v) is 24.7. The molecule has 30 heteroatoms. The Balaban J connectivity index is 0. The number of piperazine rings is 3. The number of aliphatic carboxylic acids is 1. The maximum Gasteiger partial charge on any atom is 1.00 e. The van der Waals surface area contributed by atoms with Gasteiger partial charge in [0.1, 0.15) is 65.9 Å². The first-order chi connectivity index (χ1) is 44.0. The van der Waals surface area contributed by atoms with Crippen LogP contribution in [0.25, 0.3) is 0 Å². The van der Waals surface area contributed by atoms with Gasteiger partial charge in [-0.3, -0.25) is 24.2 Å². The second-order valence-electron chi connectivity index (χ2n) is 24.7. The molecular formula is C66H108BClF3N8NaO16. The standard InChI is InChI=1S/C21H34FN3O3.C18H27FN2O3.C13H19FN2O.C8H17NO3.C4H6BO4.C2H4O2.ClH.Na/c1-6-15-27-17-7-8-19(18(22)16-17)25-13-11-24(12-14-25)10-9-23(5)20(26)28-21(2,3)4;1-5-12-23-14-6-7-16(15(19)13-14)20-8-10-21(11-9-20)17(22)24-18(2,3)4;1-2-9-17-11-3-4-13(12(14)10-11)16-7-5-15-6-8-16;1-8(2,3)12-7(10)9(4)6-11-5;1-3(6)8-5-9-4(2)7;1-2(3)4;;/h7-8,16H,6,9-15H2,1-5H3;6-7,13H,5,8-12H2,1-4H3;3-4,10,15H,2,5-9H2,1H3;6H2,1-5H3;1-2H3;1H3,(H,3,4);1H;/q;;;;-1;;;+1. The number of amides is 3. The van der Waals surface area contributed by atoms with Crippen LogP contribution in [-0.2, 0) is 42.6 Å². The van der Waals surface area contributed by atoms with Crippen molar-refractivity contribution in [2.45, 2.75) is 140 Å². The van der Waals surface area contributed by atoms with Crippen molar-refractivity contribution in [3.05, 3.63) is 72.0 Å². The zero-order valence-electron chi connectivity index (χ0n) is 60.4. The van der Waals surface area contributed by atoms with Gasteiger partial charge in [-0.15, -0.1) is 12.4 Å². The summed E-state index contributed by atoms with van der Waals surface area (Å²) in [7, 11) is 5.60. The Labute approximate surface area is 597 Å². The van der Waals surface area contributed by atoms with Crippen molar-refractivity contribution in [3.63, 3.8) is 0 Å². The molecule has 3 aromatic rings. The first kappa shape index (κ1) is 91.8. The van der Waals surface area contributed by atoms with E-state index in [0.717, 1.165) is 85.1 Å². The predicted molar refractivity (Wildman–Crippen MR) is 365 cm³/mol. The van der Waals surface area contributed by atoms with Crippen molar-refractivity contribution in [2.75, 3.05) is 154 Å². The molecule has 0 bridgehead atoms. The first-order valence-electron chi connectivity index (χ1n) is 31.7. The van der Waals surface area contributed by atoms with Gasteiger partial charge >= 0.3 is 47.8 Å². The fraction of sp³-hybridized carbons (Fsp3) is 0.636. The average Bonchev–Trinajstić information content (AvgIpc) is 0.944. The van der Waals surface area contributed by atoms with E-state index >= 15 is 0 Å². The van der Waals surface area contributed by atoms with Gasteiger partial charge in [-0.25, -0.2) is 27.6 Å². The number of ether oxygens (including phenoxy) is 7. The molecular weight excluding hydrogens is 1290 g/mol. The fourth-order valence-electron chi connectivity index (χ4n) is 8.20. The molecule has 24 nitrogen and oxygen atoms in total. The number of carboxylic acids is 1. The average molecular weight is 1400 g/mol. The van der Waals surface area contributed by atoms with Gasteiger partial charge in [-0.2, -0.15) is 0 Å². The number of anilines is 3. The van der Waals surface area contributed by atoms with Gasteiger partial charge in [0.15, 0.2) is 0 Å². The van der Waals surface area contributed by atoms with Crippen molar-refractivity contribution in [1.82, 2.24) is 24.9 Å². The largest absolute Gasteiger partial charge is 1.00 e. The molecule has 3 heterocycles. The van der Waals surface area contributed by atoms with Crippen LogP contribution in [-0.4, -0.2) is 225 Å².